The second kappa shape index (κ2) is 8.44. The van der Waals surface area contributed by atoms with Crippen molar-refractivity contribution in [3.63, 3.8) is 0 Å². The number of carbonyl (C=O) groups excluding carboxylic acids is 2. The standard InChI is InChI=1S/C22H23NO4S/c1-14-10-19(15(2)23(14)12-18-6-5-9-28-18)21(25)13-27-22-8-7-17(26-4)11-20(22)16(3)24/h5-11H,12-13H2,1-4H3. The molecule has 146 valence electrons. The molecular weight excluding hydrogens is 374 g/mol. The fourth-order valence-electron chi connectivity index (χ4n) is 3.14. The van der Waals surface area contributed by atoms with E-state index in [9.17, 15) is 9.59 Å². The Labute approximate surface area is 168 Å². The minimum atomic E-state index is -0.143. The number of aromatic nitrogens is 1. The van der Waals surface area contributed by atoms with Gasteiger partial charge in [-0.2, -0.15) is 0 Å². The van der Waals surface area contributed by atoms with Gasteiger partial charge in [-0.25, -0.2) is 0 Å². The molecule has 0 aliphatic heterocycles. The minimum Gasteiger partial charge on any atom is -0.497 e. The summed E-state index contributed by atoms with van der Waals surface area (Å²) >= 11 is 1.69. The van der Waals surface area contributed by atoms with Gasteiger partial charge in [0.25, 0.3) is 0 Å². The molecule has 0 spiro atoms. The van der Waals surface area contributed by atoms with Gasteiger partial charge in [0.2, 0.25) is 5.78 Å². The van der Waals surface area contributed by atoms with Gasteiger partial charge >= 0.3 is 0 Å². The zero-order chi connectivity index (χ0) is 20.3. The Morgan fingerprint density at radius 3 is 2.54 bits per heavy atom. The molecule has 0 radical (unpaired) electrons. The van der Waals surface area contributed by atoms with Crippen LogP contribution in [0.3, 0.4) is 0 Å². The Balaban J connectivity index is 1.76. The second-order valence-corrected chi connectivity index (χ2v) is 7.61. The first-order valence-corrected chi connectivity index (χ1v) is 9.82. The highest BCUT2D eigenvalue weighted by atomic mass is 32.1. The van der Waals surface area contributed by atoms with E-state index in [2.05, 4.69) is 10.6 Å². The summed E-state index contributed by atoms with van der Waals surface area (Å²) < 4.78 is 13.0. The van der Waals surface area contributed by atoms with E-state index in [4.69, 9.17) is 9.47 Å². The molecule has 0 aliphatic rings. The van der Waals surface area contributed by atoms with Gasteiger partial charge in [-0.1, -0.05) is 6.07 Å². The average molecular weight is 397 g/mol. The number of aryl methyl sites for hydroxylation is 1. The Morgan fingerprint density at radius 1 is 1.11 bits per heavy atom. The molecule has 0 saturated heterocycles. The van der Waals surface area contributed by atoms with Crippen LogP contribution in [0.2, 0.25) is 0 Å². The van der Waals surface area contributed by atoms with Gasteiger partial charge in [-0.15, -0.1) is 11.3 Å². The fourth-order valence-corrected chi connectivity index (χ4v) is 3.84. The van der Waals surface area contributed by atoms with E-state index < -0.39 is 0 Å². The highest BCUT2D eigenvalue weighted by molar-refractivity contribution is 7.09. The number of ketones is 2. The van der Waals surface area contributed by atoms with Crippen molar-refractivity contribution in [2.45, 2.75) is 27.3 Å². The number of ether oxygens (including phenoxy) is 2. The molecule has 5 nitrogen and oxygen atoms in total. The molecule has 6 heteroatoms. The van der Waals surface area contributed by atoms with E-state index in [1.807, 2.05) is 31.4 Å². The topological polar surface area (TPSA) is 57.5 Å². The Hall–Kier alpha value is -2.86. The van der Waals surface area contributed by atoms with Crippen molar-refractivity contribution in [3.8, 4) is 11.5 Å². The van der Waals surface area contributed by atoms with Crippen molar-refractivity contribution in [1.82, 2.24) is 4.57 Å². The first-order chi connectivity index (χ1) is 13.4. The largest absolute Gasteiger partial charge is 0.497 e. The van der Waals surface area contributed by atoms with Crippen LogP contribution in [-0.2, 0) is 6.54 Å². The summed E-state index contributed by atoms with van der Waals surface area (Å²) in [6, 6.07) is 11.0. The van der Waals surface area contributed by atoms with Crippen LogP contribution in [0.5, 0.6) is 11.5 Å². The molecule has 0 unspecified atom stereocenters. The maximum Gasteiger partial charge on any atom is 0.202 e. The summed E-state index contributed by atoms with van der Waals surface area (Å²) in [5.41, 5.74) is 2.99. The highest BCUT2D eigenvalue weighted by Crippen LogP contribution is 2.25. The first-order valence-electron chi connectivity index (χ1n) is 8.94. The Bertz CT molecular complexity index is 1000. The summed E-state index contributed by atoms with van der Waals surface area (Å²) in [6.45, 7) is 6.02. The normalized spacial score (nSPS) is 10.7. The van der Waals surface area contributed by atoms with Gasteiger partial charge in [0.05, 0.1) is 19.2 Å². The van der Waals surface area contributed by atoms with Crippen LogP contribution in [0.4, 0.5) is 0 Å². The third-order valence-corrected chi connectivity index (χ3v) is 5.55. The first kappa shape index (κ1) is 19.9. The van der Waals surface area contributed by atoms with E-state index in [0.29, 0.717) is 22.6 Å². The lowest BCUT2D eigenvalue weighted by Crippen LogP contribution is -2.14. The van der Waals surface area contributed by atoms with Crippen molar-refractivity contribution in [2.24, 2.45) is 0 Å². The van der Waals surface area contributed by atoms with Crippen LogP contribution in [0.15, 0.2) is 41.8 Å². The lowest BCUT2D eigenvalue weighted by Gasteiger charge is -2.11. The number of nitrogens with zero attached hydrogens (tertiary/aromatic N) is 1. The molecule has 1 aromatic carbocycles. The fraction of sp³-hybridized carbons (Fsp3) is 0.273. The van der Waals surface area contributed by atoms with E-state index in [-0.39, 0.29) is 18.2 Å². The van der Waals surface area contributed by atoms with E-state index >= 15 is 0 Å². The second-order valence-electron chi connectivity index (χ2n) is 6.58. The summed E-state index contributed by atoms with van der Waals surface area (Å²) in [5, 5.41) is 2.05. The van der Waals surface area contributed by atoms with Gasteiger partial charge in [-0.3, -0.25) is 9.59 Å². The number of methoxy groups -OCH3 is 1. The quantitative estimate of drug-likeness (QED) is 0.518. The van der Waals surface area contributed by atoms with Crippen LogP contribution >= 0.6 is 11.3 Å². The third-order valence-electron chi connectivity index (χ3n) is 4.69. The van der Waals surface area contributed by atoms with Gasteiger partial charge in [-0.05, 0) is 56.5 Å². The maximum atomic E-state index is 12.8. The molecule has 0 atom stereocenters. The Morgan fingerprint density at radius 2 is 1.89 bits per heavy atom. The molecule has 0 bridgehead atoms. The lowest BCUT2D eigenvalue weighted by atomic mass is 10.1. The Kier molecular flexibility index (Phi) is 5.99. The average Bonchev–Trinajstić information content (AvgIpc) is 3.29. The molecule has 0 amide bonds. The molecule has 2 aromatic heterocycles. The number of thiophene rings is 1. The van der Waals surface area contributed by atoms with Crippen LogP contribution in [-0.4, -0.2) is 29.9 Å². The third kappa shape index (κ3) is 4.17. The van der Waals surface area contributed by atoms with E-state index in [0.717, 1.165) is 17.9 Å². The monoisotopic (exact) mass is 397 g/mol. The van der Waals surface area contributed by atoms with Crippen molar-refractivity contribution in [3.05, 3.63) is 69.2 Å². The number of Topliss-reactive ketones (excluding diaryl/α,β-unsaturated/α-hetero) is 2. The molecule has 3 rings (SSSR count). The van der Waals surface area contributed by atoms with Crippen molar-refractivity contribution < 1.29 is 19.1 Å². The molecule has 0 saturated carbocycles. The number of hydrogen-bond donors (Lipinski definition) is 0. The van der Waals surface area contributed by atoms with Crippen molar-refractivity contribution >= 4 is 22.9 Å². The minimum absolute atomic E-state index is 0.115. The molecular formula is C22H23NO4S. The van der Waals surface area contributed by atoms with E-state index in [1.54, 1.807) is 29.5 Å². The molecule has 28 heavy (non-hydrogen) atoms. The van der Waals surface area contributed by atoms with Crippen LogP contribution in [0.1, 0.15) is 43.9 Å². The zero-order valence-electron chi connectivity index (χ0n) is 16.4. The molecule has 3 aromatic rings. The van der Waals surface area contributed by atoms with Crippen LogP contribution in [0, 0.1) is 13.8 Å². The lowest BCUT2D eigenvalue weighted by molar-refractivity contribution is 0.0912. The van der Waals surface area contributed by atoms with Gasteiger partial charge in [0.1, 0.15) is 11.5 Å². The summed E-state index contributed by atoms with van der Waals surface area (Å²) in [7, 11) is 1.54. The van der Waals surface area contributed by atoms with E-state index in [1.165, 1.54) is 18.9 Å². The number of benzene rings is 1. The summed E-state index contributed by atoms with van der Waals surface area (Å²) in [6.07, 6.45) is 0. The summed E-state index contributed by atoms with van der Waals surface area (Å²) in [4.78, 5) is 25.9. The predicted octanol–water partition coefficient (Wildman–Crippen LogP) is 4.69. The zero-order valence-corrected chi connectivity index (χ0v) is 17.3. The summed E-state index contributed by atoms with van der Waals surface area (Å²) in [5.74, 6) is 0.696. The van der Waals surface area contributed by atoms with Crippen LogP contribution in [0.25, 0.3) is 0 Å². The predicted molar refractivity (Wildman–Crippen MR) is 110 cm³/mol. The molecule has 2 heterocycles. The molecule has 0 aliphatic carbocycles. The van der Waals surface area contributed by atoms with Crippen LogP contribution < -0.4 is 9.47 Å². The van der Waals surface area contributed by atoms with Gasteiger partial charge in [0.15, 0.2) is 12.4 Å². The van der Waals surface area contributed by atoms with Gasteiger partial charge < -0.3 is 14.0 Å². The van der Waals surface area contributed by atoms with Crippen molar-refractivity contribution in [2.75, 3.05) is 13.7 Å². The maximum absolute atomic E-state index is 12.8. The van der Waals surface area contributed by atoms with Crippen molar-refractivity contribution in [1.29, 1.82) is 0 Å². The smallest absolute Gasteiger partial charge is 0.202 e. The number of carbonyl (C=O) groups is 2. The number of rotatable bonds is 8. The molecule has 0 fully saturated rings. The highest BCUT2D eigenvalue weighted by Gasteiger charge is 2.18. The molecule has 0 N–H and O–H groups in total. The number of hydrogen-bond acceptors (Lipinski definition) is 5. The van der Waals surface area contributed by atoms with Gasteiger partial charge in [0, 0.05) is 21.8 Å². The SMILES string of the molecule is COc1ccc(OCC(=O)c2cc(C)n(Cc3cccs3)c2C)c(C(C)=O)c1.